The Balaban J connectivity index is 2.09. The van der Waals surface area contributed by atoms with Crippen molar-refractivity contribution in [2.45, 2.75) is 23.0 Å². The Bertz CT molecular complexity index is 906. The number of ether oxygens (including phenoxy) is 2. The number of carboxylic acid groups (broad SMARTS) is 1. The Kier molecular flexibility index (Phi) is 3.69. The van der Waals surface area contributed by atoms with Gasteiger partial charge in [-0.05, 0) is 36.8 Å². The number of sulfone groups is 1. The maximum Gasteiger partial charge on any atom is 0.387 e. The van der Waals surface area contributed by atoms with Gasteiger partial charge in [-0.3, -0.25) is 0 Å². The van der Waals surface area contributed by atoms with Crippen LogP contribution in [0.15, 0.2) is 46.2 Å². The highest BCUT2D eigenvalue weighted by Crippen LogP contribution is 2.40. The van der Waals surface area contributed by atoms with Crippen LogP contribution in [0.1, 0.15) is 5.56 Å². The maximum atomic E-state index is 12.8. The molecule has 2 aromatic rings. The van der Waals surface area contributed by atoms with Crippen LogP contribution in [-0.4, -0.2) is 25.8 Å². The summed E-state index contributed by atoms with van der Waals surface area (Å²) >= 11 is 5.85. The van der Waals surface area contributed by atoms with E-state index in [9.17, 15) is 13.2 Å². The van der Waals surface area contributed by atoms with Crippen LogP contribution in [0.3, 0.4) is 0 Å². The molecule has 0 spiro atoms. The summed E-state index contributed by atoms with van der Waals surface area (Å²) in [7, 11) is -3.82. The van der Waals surface area contributed by atoms with Crippen molar-refractivity contribution in [3.63, 3.8) is 0 Å². The van der Waals surface area contributed by atoms with Crippen LogP contribution in [-0.2, 0) is 14.6 Å². The third kappa shape index (κ3) is 2.73. The molecule has 0 bridgehead atoms. The molecular weight excluding hydrogens is 344 g/mol. The summed E-state index contributed by atoms with van der Waals surface area (Å²) in [4.78, 5) is 11.0. The predicted octanol–water partition coefficient (Wildman–Crippen LogP) is 2.66. The van der Waals surface area contributed by atoms with E-state index < -0.39 is 22.1 Å². The average Bonchev–Trinajstić information content (AvgIpc) is 2.89. The summed E-state index contributed by atoms with van der Waals surface area (Å²) in [6, 6.07) is 8.61. The Morgan fingerprint density at radius 2 is 1.83 bits per heavy atom. The molecule has 0 saturated carbocycles. The first kappa shape index (κ1) is 15.6. The molecule has 0 aliphatic carbocycles. The van der Waals surface area contributed by atoms with Gasteiger partial charge in [0.2, 0.25) is 9.84 Å². The molecule has 6 nitrogen and oxygen atoms in total. The second-order valence-electron chi connectivity index (χ2n) is 4.93. The van der Waals surface area contributed by atoms with Crippen molar-refractivity contribution in [1.29, 1.82) is 0 Å². The topological polar surface area (TPSA) is 89.9 Å². The van der Waals surface area contributed by atoms with Crippen LogP contribution in [0.5, 0.6) is 11.5 Å². The molecule has 120 valence electrons. The van der Waals surface area contributed by atoms with Gasteiger partial charge in [-0.25, -0.2) is 13.2 Å². The molecule has 2 aromatic carbocycles. The van der Waals surface area contributed by atoms with Crippen molar-refractivity contribution >= 4 is 27.4 Å². The van der Waals surface area contributed by atoms with E-state index >= 15 is 0 Å². The summed E-state index contributed by atoms with van der Waals surface area (Å²) in [5, 5.41) is 9.21. The van der Waals surface area contributed by atoms with Crippen LogP contribution in [0, 0.1) is 6.92 Å². The molecule has 3 rings (SSSR count). The number of fused-ring (bicyclic) bond motifs is 1. The van der Waals surface area contributed by atoms with E-state index in [1.807, 2.05) is 0 Å². The summed E-state index contributed by atoms with van der Waals surface area (Å²) in [6.07, 6.45) is -1.48. The van der Waals surface area contributed by atoms with Crippen molar-refractivity contribution < 1.29 is 27.8 Å². The molecule has 1 N–H and O–H groups in total. The zero-order valence-corrected chi connectivity index (χ0v) is 13.4. The fraction of sp³-hybridized carbons (Fsp3) is 0.133. The second-order valence-corrected chi connectivity index (χ2v) is 7.29. The predicted molar refractivity (Wildman–Crippen MR) is 80.8 cm³/mol. The first-order chi connectivity index (χ1) is 10.8. The smallest absolute Gasteiger partial charge is 0.387 e. The summed E-state index contributed by atoms with van der Waals surface area (Å²) < 4.78 is 35.7. The Labute approximate surface area is 137 Å². The van der Waals surface area contributed by atoms with Crippen molar-refractivity contribution in [3.8, 4) is 11.5 Å². The molecule has 1 atom stereocenters. The summed E-state index contributed by atoms with van der Waals surface area (Å²) in [5.41, 5.74) is 0.415. The standard InChI is InChI=1S/C15H11ClO6S/c1-8-5-11-12(22-15(21-11)14(17)18)7-13(8)23(19,20)10-4-2-3-9(16)6-10/h2-7,15H,1H3,(H,17,18). The highest BCUT2D eigenvalue weighted by Gasteiger charge is 2.33. The normalized spacial score (nSPS) is 16.3. The third-order valence-electron chi connectivity index (χ3n) is 3.31. The molecule has 1 heterocycles. The lowest BCUT2D eigenvalue weighted by atomic mass is 10.2. The SMILES string of the molecule is Cc1cc2c(cc1S(=O)(=O)c1cccc(Cl)c1)OC(C(=O)O)O2. The Morgan fingerprint density at radius 1 is 1.17 bits per heavy atom. The van der Waals surface area contributed by atoms with Gasteiger partial charge < -0.3 is 14.6 Å². The van der Waals surface area contributed by atoms with Crippen LogP contribution >= 0.6 is 11.6 Å². The molecule has 1 unspecified atom stereocenters. The van der Waals surface area contributed by atoms with Gasteiger partial charge in [-0.15, -0.1) is 0 Å². The number of carboxylic acids is 1. The van der Waals surface area contributed by atoms with Crippen LogP contribution in [0.2, 0.25) is 5.02 Å². The molecule has 0 amide bonds. The largest absolute Gasteiger partial charge is 0.476 e. The number of carbonyl (C=O) groups is 1. The maximum absolute atomic E-state index is 12.8. The zero-order chi connectivity index (χ0) is 16.8. The van der Waals surface area contributed by atoms with Gasteiger partial charge in [-0.1, -0.05) is 17.7 Å². The molecule has 0 saturated heterocycles. The number of rotatable bonds is 3. The number of halogens is 1. The van der Waals surface area contributed by atoms with Gasteiger partial charge in [0, 0.05) is 11.1 Å². The van der Waals surface area contributed by atoms with Gasteiger partial charge >= 0.3 is 12.3 Å². The Hall–Kier alpha value is -2.25. The fourth-order valence-corrected chi connectivity index (χ4v) is 4.03. The second kappa shape index (κ2) is 5.43. The van der Waals surface area contributed by atoms with E-state index in [0.29, 0.717) is 10.6 Å². The van der Waals surface area contributed by atoms with E-state index in [2.05, 4.69) is 0 Å². The Morgan fingerprint density at radius 3 is 2.43 bits per heavy atom. The fourth-order valence-electron chi connectivity index (χ4n) is 2.23. The molecular formula is C15H11ClO6S. The van der Waals surface area contributed by atoms with Crippen LogP contribution in [0.25, 0.3) is 0 Å². The van der Waals surface area contributed by atoms with E-state index in [1.165, 1.54) is 30.3 Å². The van der Waals surface area contributed by atoms with Crippen molar-refractivity contribution in [1.82, 2.24) is 0 Å². The molecule has 23 heavy (non-hydrogen) atoms. The van der Waals surface area contributed by atoms with Crippen LogP contribution < -0.4 is 9.47 Å². The van der Waals surface area contributed by atoms with Gasteiger partial charge in [0.05, 0.1) is 9.79 Å². The monoisotopic (exact) mass is 354 g/mol. The number of aliphatic carboxylic acids is 1. The first-order valence-electron chi connectivity index (χ1n) is 6.50. The molecule has 8 heteroatoms. The van der Waals surface area contributed by atoms with Gasteiger partial charge in [0.1, 0.15) is 0 Å². The minimum atomic E-state index is -3.82. The van der Waals surface area contributed by atoms with Crippen molar-refractivity contribution in [2.24, 2.45) is 0 Å². The van der Waals surface area contributed by atoms with E-state index in [4.69, 9.17) is 26.2 Å². The number of benzene rings is 2. The highest BCUT2D eigenvalue weighted by molar-refractivity contribution is 7.91. The quantitative estimate of drug-likeness (QED) is 0.911. The first-order valence-corrected chi connectivity index (χ1v) is 8.36. The zero-order valence-electron chi connectivity index (χ0n) is 11.8. The molecule has 0 fully saturated rings. The van der Waals surface area contributed by atoms with Gasteiger partial charge in [0.15, 0.2) is 11.5 Å². The summed E-state index contributed by atoms with van der Waals surface area (Å²) in [6.45, 7) is 1.59. The average molecular weight is 355 g/mol. The van der Waals surface area contributed by atoms with Crippen molar-refractivity contribution in [3.05, 3.63) is 47.0 Å². The lowest BCUT2D eigenvalue weighted by Gasteiger charge is -2.09. The lowest BCUT2D eigenvalue weighted by Crippen LogP contribution is -2.28. The molecule has 0 radical (unpaired) electrons. The summed E-state index contributed by atoms with van der Waals surface area (Å²) in [5.74, 6) is -1.03. The van der Waals surface area contributed by atoms with Gasteiger partial charge in [0.25, 0.3) is 0 Å². The number of hydrogen-bond acceptors (Lipinski definition) is 5. The molecule has 1 aliphatic heterocycles. The molecule has 0 aromatic heterocycles. The minimum Gasteiger partial charge on any atom is -0.476 e. The van der Waals surface area contributed by atoms with Gasteiger partial charge in [-0.2, -0.15) is 0 Å². The third-order valence-corrected chi connectivity index (χ3v) is 5.44. The number of hydrogen-bond donors (Lipinski definition) is 1. The van der Waals surface area contributed by atoms with E-state index in [1.54, 1.807) is 13.0 Å². The highest BCUT2D eigenvalue weighted by atomic mass is 35.5. The number of aryl methyl sites for hydroxylation is 1. The minimum absolute atomic E-state index is 0.00755. The molecule has 1 aliphatic rings. The van der Waals surface area contributed by atoms with Crippen LogP contribution in [0.4, 0.5) is 0 Å². The van der Waals surface area contributed by atoms with Crippen molar-refractivity contribution in [2.75, 3.05) is 0 Å². The lowest BCUT2D eigenvalue weighted by molar-refractivity contribution is -0.154. The van der Waals surface area contributed by atoms with E-state index in [0.717, 1.165) is 0 Å². The van der Waals surface area contributed by atoms with E-state index in [-0.39, 0.29) is 21.3 Å².